The summed E-state index contributed by atoms with van der Waals surface area (Å²) in [6.07, 6.45) is 1.70. The van der Waals surface area contributed by atoms with Crippen LogP contribution in [0, 0.1) is 3.57 Å². The Balaban J connectivity index is 2.07. The highest BCUT2D eigenvalue weighted by Gasteiger charge is 2.18. The van der Waals surface area contributed by atoms with Gasteiger partial charge < -0.3 is 0 Å². The van der Waals surface area contributed by atoms with Crippen LogP contribution < -0.4 is 10.6 Å². The number of aromatic nitrogens is 2. The van der Waals surface area contributed by atoms with Crippen molar-refractivity contribution in [2.24, 2.45) is 4.99 Å². The van der Waals surface area contributed by atoms with Crippen molar-refractivity contribution < 1.29 is 0 Å². The fourth-order valence-electron chi connectivity index (χ4n) is 2.68. The van der Waals surface area contributed by atoms with Gasteiger partial charge in [0.05, 0.1) is 24.0 Å². The minimum Gasteiger partial charge on any atom is -0.272 e. The molecule has 2 heterocycles. The molecule has 1 aliphatic heterocycles. The fourth-order valence-corrected chi connectivity index (χ4v) is 3.17. The first kappa shape index (κ1) is 14.4. The lowest BCUT2D eigenvalue weighted by Gasteiger charge is -2.21. The van der Waals surface area contributed by atoms with Crippen molar-refractivity contribution in [1.82, 2.24) is 9.66 Å². The first-order valence-corrected chi connectivity index (χ1v) is 8.36. The summed E-state index contributed by atoms with van der Waals surface area (Å²) in [6, 6.07) is 15.5. The van der Waals surface area contributed by atoms with Crippen LogP contribution in [0.4, 0.5) is 0 Å². The maximum atomic E-state index is 13.1. The zero-order chi connectivity index (χ0) is 15.8. The predicted octanol–water partition coefficient (Wildman–Crippen LogP) is 2.65. The largest absolute Gasteiger partial charge is 0.280 e. The van der Waals surface area contributed by atoms with Gasteiger partial charge in [0, 0.05) is 9.13 Å². The van der Waals surface area contributed by atoms with Gasteiger partial charge in [-0.1, -0.05) is 30.3 Å². The molecular formula is C17H13IN4O. The molecule has 0 fully saturated rings. The summed E-state index contributed by atoms with van der Waals surface area (Å²) in [6.45, 7) is 1.36. The third-order valence-electron chi connectivity index (χ3n) is 3.77. The predicted molar refractivity (Wildman–Crippen MR) is 101 cm³/mol. The minimum absolute atomic E-state index is 0.0688. The number of halogens is 1. The highest BCUT2D eigenvalue weighted by Crippen LogP contribution is 2.20. The van der Waals surface area contributed by atoms with E-state index in [1.165, 1.54) is 0 Å². The van der Waals surface area contributed by atoms with Crippen molar-refractivity contribution in [3.8, 4) is 11.4 Å². The number of benzene rings is 2. The second-order valence-electron chi connectivity index (χ2n) is 5.26. The third kappa shape index (κ3) is 2.52. The van der Waals surface area contributed by atoms with Crippen molar-refractivity contribution in [3.63, 3.8) is 0 Å². The van der Waals surface area contributed by atoms with Gasteiger partial charge in [0.15, 0.2) is 5.82 Å². The van der Waals surface area contributed by atoms with Gasteiger partial charge in [-0.2, -0.15) is 4.68 Å². The summed E-state index contributed by atoms with van der Waals surface area (Å²) in [4.78, 5) is 22.1. The fraction of sp³-hybridized carbons (Fsp3) is 0.118. The molecule has 1 aliphatic rings. The van der Waals surface area contributed by atoms with Crippen molar-refractivity contribution in [3.05, 3.63) is 62.5 Å². The van der Waals surface area contributed by atoms with Crippen LogP contribution in [-0.2, 0) is 0 Å². The van der Waals surface area contributed by atoms with Gasteiger partial charge in [0.25, 0.3) is 5.56 Å². The summed E-state index contributed by atoms with van der Waals surface area (Å²) in [5, 5.41) is 2.45. The van der Waals surface area contributed by atoms with E-state index in [1.54, 1.807) is 11.0 Å². The van der Waals surface area contributed by atoms with E-state index in [0.717, 1.165) is 9.13 Å². The molecule has 0 radical (unpaired) electrons. The summed E-state index contributed by atoms with van der Waals surface area (Å²) in [7, 11) is 0. The van der Waals surface area contributed by atoms with Crippen LogP contribution in [-0.4, -0.2) is 29.1 Å². The first-order chi connectivity index (χ1) is 11.2. The van der Waals surface area contributed by atoms with E-state index in [9.17, 15) is 4.79 Å². The van der Waals surface area contributed by atoms with Crippen LogP contribution in [0.1, 0.15) is 0 Å². The van der Waals surface area contributed by atoms with E-state index in [0.29, 0.717) is 29.8 Å². The summed E-state index contributed by atoms with van der Waals surface area (Å²) in [5.74, 6) is 0.637. The van der Waals surface area contributed by atoms with Gasteiger partial charge in [-0.15, -0.1) is 0 Å². The van der Waals surface area contributed by atoms with Crippen LogP contribution in [0.2, 0.25) is 0 Å². The maximum absolute atomic E-state index is 13.1. The Labute approximate surface area is 146 Å². The maximum Gasteiger partial charge on any atom is 0.280 e. The molecule has 3 aromatic rings. The molecule has 0 bridgehead atoms. The van der Waals surface area contributed by atoms with Gasteiger partial charge in [0.2, 0.25) is 0 Å². The summed E-state index contributed by atoms with van der Waals surface area (Å²) in [5.41, 5.74) is 1.55. The smallest absolute Gasteiger partial charge is 0.272 e. The molecule has 5 nitrogen and oxygen atoms in total. The van der Waals surface area contributed by atoms with Crippen LogP contribution >= 0.6 is 22.6 Å². The number of fused-ring (bicyclic) bond motifs is 1. The van der Waals surface area contributed by atoms with Gasteiger partial charge >= 0.3 is 0 Å². The summed E-state index contributed by atoms with van der Waals surface area (Å²) < 4.78 is 2.65. The van der Waals surface area contributed by atoms with Crippen LogP contribution in [0.15, 0.2) is 58.3 Å². The van der Waals surface area contributed by atoms with E-state index >= 15 is 0 Å². The SMILES string of the molecule is O=c1c2cc(I)ccc2nc(-c2ccccc2)n1N1C=NCC1. The Kier molecular flexibility index (Phi) is 3.60. The number of hydrogen-bond acceptors (Lipinski definition) is 4. The van der Waals surface area contributed by atoms with Gasteiger partial charge in [-0.25, -0.2) is 4.98 Å². The molecule has 0 unspecified atom stereocenters. The van der Waals surface area contributed by atoms with Crippen LogP contribution in [0.3, 0.4) is 0 Å². The topological polar surface area (TPSA) is 50.5 Å². The molecular weight excluding hydrogens is 403 g/mol. The normalized spacial score (nSPS) is 13.9. The van der Waals surface area contributed by atoms with Crippen molar-refractivity contribution >= 4 is 39.8 Å². The molecule has 4 rings (SSSR count). The van der Waals surface area contributed by atoms with Crippen molar-refractivity contribution in [1.29, 1.82) is 0 Å². The molecule has 0 aliphatic carbocycles. The second-order valence-corrected chi connectivity index (χ2v) is 6.51. The molecule has 1 aromatic heterocycles. The van der Waals surface area contributed by atoms with E-state index in [1.807, 2.05) is 53.5 Å². The molecule has 0 atom stereocenters. The number of hydrogen-bond donors (Lipinski definition) is 0. The van der Waals surface area contributed by atoms with Crippen molar-refractivity contribution in [2.45, 2.75) is 0 Å². The number of aliphatic imine (C=N–C) groups is 1. The van der Waals surface area contributed by atoms with E-state index in [4.69, 9.17) is 4.98 Å². The Bertz CT molecular complexity index is 965. The lowest BCUT2D eigenvalue weighted by atomic mass is 10.2. The zero-order valence-electron chi connectivity index (χ0n) is 12.2. The lowest BCUT2D eigenvalue weighted by molar-refractivity contribution is 0.723. The lowest BCUT2D eigenvalue weighted by Crippen LogP contribution is -2.41. The summed E-state index contributed by atoms with van der Waals surface area (Å²) >= 11 is 2.21. The molecule has 0 saturated heterocycles. The Morgan fingerprint density at radius 1 is 1.09 bits per heavy atom. The van der Waals surface area contributed by atoms with E-state index in [-0.39, 0.29) is 5.56 Å². The molecule has 0 amide bonds. The van der Waals surface area contributed by atoms with E-state index < -0.39 is 0 Å². The first-order valence-electron chi connectivity index (χ1n) is 7.29. The Morgan fingerprint density at radius 2 is 1.91 bits per heavy atom. The monoisotopic (exact) mass is 416 g/mol. The van der Waals surface area contributed by atoms with Gasteiger partial charge in [0.1, 0.15) is 6.34 Å². The van der Waals surface area contributed by atoms with E-state index in [2.05, 4.69) is 27.6 Å². The molecule has 0 saturated carbocycles. The average molecular weight is 416 g/mol. The van der Waals surface area contributed by atoms with Crippen LogP contribution in [0.5, 0.6) is 0 Å². The highest BCUT2D eigenvalue weighted by atomic mass is 127. The Morgan fingerprint density at radius 3 is 2.65 bits per heavy atom. The van der Waals surface area contributed by atoms with Gasteiger partial charge in [-0.3, -0.25) is 14.8 Å². The molecule has 23 heavy (non-hydrogen) atoms. The second kappa shape index (κ2) is 5.77. The Hall–Kier alpha value is -2.22. The number of rotatable bonds is 2. The third-order valence-corrected chi connectivity index (χ3v) is 4.44. The number of nitrogens with zero attached hydrogens (tertiary/aromatic N) is 4. The standard InChI is InChI=1S/C17H13IN4O/c18-13-6-7-15-14(10-13)17(23)22(21-9-8-19-11-21)16(20-15)12-4-2-1-3-5-12/h1-7,10-11H,8-9H2. The average Bonchev–Trinajstić information content (AvgIpc) is 3.10. The van der Waals surface area contributed by atoms with Crippen LogP contribution in [0.25, 0.3) is 22.3 Å². The van der Waals surface area contributed by atoms with Crippen molar-refractivity contribution in [2.75, 3.05) is 18.1 Å². The van der Waals surface area contributed by atoms with Gasteiger partial charge in [-0.05, 0) is 40.8 Å². The molecule has 6 heteroatoms. The molecule has 2 aromatic carbocycles. The minimum atomic E-state index is -0.0688. The molecule has 0 spiro atoms. The molecule has 114 valence electrons. The highest BCUT2D eigenvalue weighted by molar-refractivity contribution is 14.1. The zero-order valence-corrected chi connectivity index (χ0v) is 14.3. The quantitative estimate of drug-likeness (QED) is 0.604. The molecule has 0 N–H and O–H groups in total.